The molecular weight excluding hydrogens is 320 g/mol. The standard InChI is InChI=1S/C19H23ClN4/c1-24(11-13-4-2-3-5-16(13)20)18-10-17(14-8-15(21)9-14)22-19(23-18)12-6-7-12/h2-5,10,12,14-15H,6-9,11,21H2,1H3. The van der Waals surface area contributed by atoms with Crippen LogP contribution in [0, 0.1) is 0 Å². The fourth-order valence-electron chi connectivity index (χ4n) is 3.27. The van der Waals surface area contributed by atoms with Crippen molar-refractivity contribution in [3.8, 4) is 0 Å². The van der Waals surface area contributed by atoms with Crippen molar-refractivity contribution in [1.29, 1.82) is 0 Å². The van der Waals surface area contributed by atoms with Gasteiger partial charge in [-0.3, -0.25) is 0 Å². The van der Waals surface area contributed by atoms with Gasteiger partial charge < -0.3 is 10.6 Å². The second-order valence-electron chi connectivity index (χ2n) is 7.16. The van der Waals surface area contributed by atoms with Crippen LogP contribution in [0.3, 0.4) is 0 Å². The van der Waals surface area contributed by atoms with Gasteiger partial charge >= 0.3 is 0 Å². The molecule has 5 heteroatoms. The van der Waals surface area contributed by atoms with Crippen molar-refractivity contribution in [2.24, 2.45) is 5.73 Å². The minimum absolute atomic E-state index is 0.332. The molecule has 1 heterocycles. The molecule has 0 saturated heterocycles. The molecule has 1 aromatic heterocycles. The average Bonchev–Trinajstić information content (AvgIpc) is 3.38. The second-order valence-corrected chi connectivity index (χ2v) is 7.57. The summed E-state index contributed by atoms with van der Waals surface area (Å²) in [6.45, 7) is 0.740. The van der Waals surface area contributed by atoms with Crippen molar-refractivity contribution in [3.05, 3.63) is 52.4 Å². The van der Waals surface area contributed by atoms with Gasteiger partial charge in [-0.2, -0.15) is 0 Å². The third kappa shape index (κ3) is 3.26. The fraction of sp³-hybridized carbons (Fsp3) is 0.474. The summed E-state index contributed by atoms with van der Waals surface area (Å²) in [5.41, 5.74) is 8.24. The Kier molecular flexibility index (Phi) is 4.19. The van der Waals surface area contributed by atoms with Crippen LogP contribution < -0.4 is 10.6 Å². The number of benzene rings is 1. The SMILES string of the molecule is CN(Cc1ccccc1Cl)c1cc(C2CC(N)C2)nc(C2CC2)n1. The molecule has 2 fully saturated rings. The molecule has 126 valence electrons. The first-order valence-electron chi connectivity index (χ1n) is 8.69. The molecule has 4 rings (SSSR count). The van der Waals surface area contributed by atoms with Crippen molar-refractivity contribution < 1.29 is 0 Å². The minimum atomic E-state index is 0.332. The van der Waals surface area contributed by atoms with Crippen molar-refractivity contribution in [2.45, 2.75) is 50.1 Å². The van der Waals surface area contributed by atoms with E-state index in [0.717, 1.165) is 47.3 Å². The normalized spacial score (nSPS) is 23.0. The zero-order valence-corrected chi connectivity index (χ0v) is 14.7. The Balaban J connectivity index is 1.60. The molecule has 4 nitrogen and oxygen atoms in total. The third-order valence-electron chi connectivity index (χ3n) is 5.04. The quantitative estimate of drug-likeness (QED) is 0.896. The molecule has 0 bridgehead atoms. The van der Waals surface area contributed by atoms with Crippen LogP contribution in [0.1, 0.15) is 54.6 Å². The van der Waals surface area contributed by atoms with Crippen LogP contribution in [0.2, 0.25) is 5.02 Å². The van der Waals surface area contributed by atoms with E-state index >= 15 is 0 Å². The summed E-state index contributed by atoms with van der Waals surface area (Å²) in [6.07, 6.45) is 4.49. The summed E-state index contributed by atoms with van der Waals surface area (Å²) in [4.78, 5) is 11.8. The van der Waals surface area contributed by atoms with Gasteiger partial charge in [-0.25, -0.2) is 9.97 Å². The Morgan fingerprint density at radius 1 is 1.17 bits per heavy atom. The Hall–Kier alpha value is -1.65. The number of nitrogens with zero attached hydrogens (tertiary/aromatic N) is 3. The van der Waals surface area contributed by atoms with E-state index in [2.05, 4.69) is 24.1 Å². The Bertz CT molecular complexity index is 738. The minimum Gasteiger partial charge on any atom is -0.355 e. The smallest absolute Gasteiger partial charge is 0.134 e. The molecule has 2 saturated carbocycles. The first-order valence-corrected chi connectivity index (χ1v) is 9.07. The molecule has 0 amide bonds. The van der Waals surface area contributed by atoms with Crippen LogP contribution in [0.5, 0.6) is 0 Å². The summed E-state index contributed by atoms with van der Waals surface area (Å²) >= 11 is 6.30. The zero-order chi connectivity index (χ0) is 16.7. The highest BCUT2D eigenvalue weighted by atomic mass is 35.5. The molecule has 1 aromatic carbocycles. The predicted molar refractivity (Wildman–Crippen MR) is 97.5 cm³/mol. The lowest BCUT2D eigenvalue weighted by Crippen LogP contribution is -2.35. The zero-order valence-electron chi connectivity index (χ0n) is 14.0. The number of rotatable bonds is 5. The van der Waals surface area contributed by atoms with Crippen LogP contribution in [-0.4, -0.2) is 23.1 Å². The maximum absolute atomic E-state index is 6.30. The van der Waals surface area contributed by atoms with Crippen molar-refractivity contribution in [2.75, 3.05) is 11.9 Å². The molecule has 0 unspecified atom stereocenters. The fourth-order valence-corrected chi connectivity index (χ4v) is 3.46. The average molecular weight is 343 g/mol. The highest BCUT2D eigenvalue weighted by molar-refractivity contribution is 6.31. The molecule has 0 radical (unpaired) electrons. The highest BCUT2D eigenvalue weighted by Gasteiger charge is 2.32. The second kappa shape index (κ2) is 6.34. The molecule has 0 spiro atoms. The first-order chi connectivity index (χ1) is 11.6. The summed E-state index contributed by atoms with van der Waals surface area (Å²) in [5, 5.41) is 0.797. The van der Waals surface area contributed by atoms with Gasteiger partial charge in [0, 0.05) is 48.3 Å². The van der Waals surface area contributed by atoms with Gasteiger partial charge in [-0.05, 0) is 37.3 Å². The Morgan fingerprint density at radius 2 is 1.92 bits per heavy atom. The predicted octanol–water partition coefficient (Wildman–Crippen LogP) is 3.85. The van der Waals surface area contributed by atoms with Gasteiger partial charge in [0.05, 0.1) is 0 Å². The van der Waals surface area contributed by atoms with Crippen LogP contribution in [0.25, 0.3) is 0 Å². The maximum Gasteiger partial charge on any atom is 0.134 e. The van der Waals surface area contributed by atoms with Crippen molar-refractivity contribution in [1.82, 2.24) is 9.97 Å². The molecule has 0 aliphatic heterocycles. The highest BCUT2D eigenvalue weighted by Crippen LogP contribution is 2.41. The monoisotopic (exact) mass is 342 g/mol. The summed E-state index contributed by atoms with van der Waals surface area (Å²) < 4.78 is 0. The van der Waals surface area contributed by atoms with E-state index in [-0.39, 0.29) is 0 Å². The Morgan fingerprint density at radius 3 is 2.58 bits per heavy atom. The lowest BCUT2D eigenvalue weighted by Gasteiger charge is -2.32. The number of anilines is 1. The first kappa shape index (κ1) is 15.9. The van der Waals surface area contributed by atoms with Crippen LogP contribution >= 0.6 is 11.6 Å². The van der Waals surface area contributed by atoms with Crippen LogP contribution in [0.15, 0.2) is 30.3 Å². The number of hydrogen-bond donors (Lipinski definition) is 1. The van der Waals surface area contributed by atoms with Crippen molar-refractivity contribution in [3.63, 3.8) is 0 Å². The largest absolute Gasteiger partial charge is 0.355 e. The topological polar surface area (TPSA) is 55.0 Å². The molecule has 2 N–H and O–H groups in total. The van der Waals surface area contributed by atoms with Crippen LogP contribution in [0.4, 0.5) is 5.82 Å². The summed E-state index contributed by atoms with van der Waals surface area (Å²) in [5.74, 6) is 3.04. The van der Waals surface area contributed by atoms with E-state index in [9.17, 15) is 0 Å². The number of hydrogen-bond acceptors (Lipinski definition) is 4. The molecule has 24 heavy (non-hydrogen) atoms. The lowest BCUT2D eigenvalue weighted by molar-refractivity contribution is 0.344. The van der Waals surface area contributed by atoms with Gasteiger partial charge in [0.25, 0.3) is 0 Å². The van der Waals surface area contributed by atoms with Gasteiger partial charge in [0.15, 0.2) is 0 Å². The van der Waals surface area contributed by atoms with E-state index in [1.54, 1.807) is 0 Å². The third-order valence-corrected chi connectivity index (χ3v) is 5.41. The van der Waals surface area contributed by atoms with Gasteiger partial charge in [-0.1, -0.05) is 29.8 Å². The summed E-state index contributed by atoms with van der Waals surface area (Å²) in [7, 11) is 2.07. The molecular formula is C19H23ClN4. The molecule has 2 aliphatic rings. The van der Waals surface area contributed by atoms with Crippen molar-refractivity contribution >= 4 is 17.4 Å². The van der Waals surface area contributed by atoms with Gasteiger partial charge in [0.1, 0.15) is 11.6 Å². The van der Waals surface area contributed by atoms with E-state index in [0.29, 0.717) is 17.9 Å². The van der Waals surface area contributed by atoms with E-state index in [1.165, 1.54) is 12.8 Å². The molecule has 2 aliphatic carbocycles. The van der Waals surface area contributed by atoms with Crippen LogP contribution in [-0.2, 0) is 6.54 Å². The Labute approximate surface area is 148 Å². The lowest BCUT2D eigenvalue weighted by atomic mass is 9.78. The van der Waals surface area contributed by atoms with E-state index in [4.69, 9.17) is 27.3 Å². The summed E-state index contributed by atoms with van der Waals surface area (Å²) in [6, 6.07) is 10.4. The van der Waals surface area contributed by atoms with E-state index in [1.807, 2.05) is 18.2 Å². The van der Waals surface area contributed by atoms with Gasteiger partial charge in [0.2, 0.25) is 0 Å². The molecule has 2 aromatic rings. The maximum atomic E-state index is 6.30. The van der Waals surface area contributed by atoms with Gasteiger partial charge in [-0.15, -0.1) is 0 Å². The van der Waals surface area contributed by atoms with E-state index < -0.39 is 0 Å². The number of nitrogens with two attached hydrogens (primary N) is 1. The number of aromatic nitrogens is 2. The number of halogens is 1. The molecule has 0 atom stereocenters.